The number of hydrogen-bond donors (Lipinski definition) is 0. The zero-order valence-electron chi connectivity index (χ0n) is 37.2. The molecule has 0 aliphatic rings. The lowest BCUT2D eigenvalue weighted by atomic mass is 10.1. The second-order valence-electron chi connectivity index (χ2n) is 13.6. The summed E-state index contributed by atoms with van der Waals surface area (Å²) in [4.78, 5) is 95.0. The Hall–Kier alpha value is -6.40. The van der Waals surface area contributed by atoms with E-state index < -0.39 is 49.7 Å². The monoisotopic (exact) mass is 894 g/mol. The predicted molar refractivity (Wildman–Crippen MR) is 225 cm³/mol. The third-order valence-corrected chi connectivity index (χ3v) is 7.35. The van der Waals surface area contributed by atoms with E-state index in [-0.39, 0.29) is 128 Å². The van der Waals surface area contributed by atoms with Crippen molar-refractivity contribution in [2.45, 2.75) is 107 Å². The topological polar surface area (TPSA) is 238 Å². The van der Waals surface area contributed by atoms with Gasteiger partial charge in [-0.15, -0.1) is 0 Å². The van der Waals surface area contributed by atoms with Crippen molar-refractivity contribution in [3.05, 3.63) is 35.4 Å². The molecule has 2 rings (SSSR count). The van der Waals surface area contributed by atoms with Gasteiger partial charge in [-0.1, -0.05) is 28.2 Å². The van der Waals surface area contributed by atoms with Crippen molar-refractivity contribution in [1.29, 1.82) is 0 Å². The molecule has 0 heterocycles. The van der Waals surface area contributed by atoms with Gasteiger partial charge in [-0.3, -0.25) is 14.4 Å². The molecule has 352 valence electrons. The van der Waals surface area contributed by atoms with Gasteiger partial charge in [0.05, 0.1) is 43.7 Å². The Labute approximate surface area is 368 Å². The Morgan fingerprint density at radius 3 is 0.905 bits per heavy atom. The Bertz CT molecular complexity index is 1760. The largest absolute Gasteiger partial charge is 0.482 e. The van der Waals surface area contributed by atoms with Crippen LogP contribution in [0.3, 0.4) is 0 Å². The maximum atomic E-state index is 12.2. The molecule has 0 radical (unpaired) electrons. The molecule has 0 spiro atoms. The van der Waals surface area contributed by atoms with Crippen molar-refractivity contribution in [3.63, 3.8) is 0 Å². The fourth-order valence-electron chi connectivity index (χ4n) is 4.41. The number of ether oxygens (including phenoxy) is 11. The molecule has 0 aliphatic heterocycles. The second kappa shape index (κ2) is 29.8. The molecule has 2 aromatic rings. The summed E-state index contributed by atoms with van der Waals surface area (Å²) >= 11 is 0. The molecule has 19 heteroatoms. The van der Waals surface area contributed by atoms with Crippen LogP contribution in [0.15, 0.2) is 24.3 Å². The smallest absolute Gasteiger partial charge is 0.344 e. The Kier molecular flexibility index (Phi) is 26.8. The minimum atomic E-state index is -0.741. The number of ketones is 3. The number of benzene rings is 2. The van der Waals surface area contributed by atoms with Crippen LogP contribution in [0.25, 0.3) is 0 Å². The van der Waals surface area contributed by atoms with Gasteiger partial charge in [0, 0.05) is 19.3 Å². The highest BCUT2D eigenvalue weighted by Gasteiger charge is 2.24. The SMILES string of the molecule is C.CCC(=O)COc1cc(C(=O)OC)cc(OCC(=O)CC)c1OCC(=O)CC.COC(=O)c1cc(OCC(=O)OC(C)C)c(OCC(=O)OC(C)C)c(OCC(=O)OC(C)C)c1. The maximum absolute atomic E-state index is 12.2. The Balaban J connectivity index is 0.00000122. The van der Waals surface area contributed by atoms with Crippen LogP contribution in [0.4, 0.5) is 0 Å². The molecular formula is C44H62O19. The van der Waals surface area contributed by atoms with E-state index in [1.807, 2.05) is 0 Å². The fourth-order valence-corrected chi connectivity index (χ4v) is 4.41. The van der Waals surface area contributed by atoms with Gasteiger partial charge in [-0.25, -0.2) is 24.0 Å². The van der Waals surface area contributed by atoms with Crippen LogP contribution in [0.2, 0.25) is 0 Å². The zero-order chi connectivity index (χ0) is 46.9. The highest BCUT2D eigenvalue weighted by molar-refractivity contribution is 5.92. The molecule has 0 saturated heterocycles. The second-order valence-corrected chi connectivity index (χ2v) is 13.6. The molecule has 0 atom stereocenters. The quantitative estimate of drug-likeness (QED) is 0.0819. The molecule has 0 aliphatic carbocycles. The lowest BCUT2D eigenvalue weighted by Gasteiger charge is -2.18. The summed E-state index contributed by atoms with van der Waals surface area (Å²) in [5.41, 5.74) is 0.0774. The van der Waals surface area contributed by atoms with Crippen LogP contribution < -0.4 is 28.4 Å². The predicted octanol–water partition coefficient (Wildman–Crippen LogP) is 5.65. The molecule has 0 fully saturated rings. The van der Waals surface area contributed by atoms with E-state index >= 15 is 0 Å². The minimum Gasteiger partial charge on any atom is -0.482 e. The van der Waals surface area contributed by atoms with E-state index in [4.69, 9.17) is 52.1 Å². The zero-order valence-corrected chi connectivity index (χ0v) is 37.2. The van der Waals surface area contributed by atoms with Gasteiger partial charge in [0.2, 0.25) is 11.5 Å². The highest BCUT2D eigenvalue weighted by Crippen LogP contribution is 2.41. The molecule has 0 aromatic heterocycles. The van der Waals surface area contributed by atoms with Crippen molar-refractivity contribution in [1.82, 2.24) is 0 Å². The van der Waals surface area contributed by atoms with Gasteiger partial charge in [-0.2, -0.15) is 0 Å². The summed E-state index contributed by atoms with van der Waals surface area (Å²) in [6, 6.07) is 5.18. The summed E-state index contributed by atoms with van der Waals surface area (Å²) in [5, 5.41) is 0. The van der Waals surface area contributed by atoms with Crippen LogP contribution in [-0.4, -0.2) is 119 Å². The Morgan fingerprint density at radius 2 is 0.651 bits per heavy atom. The van der Waals surface area contributed by atoms with E-state index in [0.29, 0.717) is 0 Å². The van der Waals surface area contributed by atoms with E-state index in [9.17, 15) is 38.4 Å². The number of carbonyl (C=O) groups excluding carboxylic acids is 8. The Morgan fingerprint density at radius 1 is 0.413 bits per heavy atom. The van der Waals surface area contributed by atoms with Gasteiger partial charge in [0.15, 0.2) is 60.2 Å². The molecule has 0 saturated carbocycles. The van der Waals surface area contributed by atoms with E-state index in [2.05, 4.69) is 0 Å². The summed E-state index contributed by atoms with van der Waals surface area (Å²) in [5.74, 6) is -4.15. The normalized spacial score (nSPS) is 10.3. The molecule has 0 unspecified atom stereocenters. The number of carbonyl (C=O) groups is 8. The van der Waals surface area contributed by atoms with Crippen LogP contribution >= 0.6 is 0 Å². The van der Waals surface area contributed by atoms with Gasteiger partial charge >= 0.3 is 29.8 Å². The number of hydrogen-bond acceptors (Lipinski definition) is 19. The third-order valence-electron chi connectivity index (χ3n) is 7.35. The van der Waals surface area contributed by atoms with Crippen molar-refractivity contribution < 1.29 is 90.5 Å². The summed E-state index contributed by atoms with van der Waals surface area (Å²) in [7, 11) is 2.39. The standard InChI is InChI=1S/C23H32O11.C20H26O8.CH4/c1-13(2)32-19(24)10-29-17-8-16(23(27)28-7)9-18(30-11-20(25)33-14(3)4)22(17)31-12-21(26)34-15(5)6;1-5-14(21)10-26-17-8-13(20(24)25-4)9-18(27-11-15(22)6-2)19(17)28-12-16(23)7-3;/h8-9,13-15H,10-12H2,1-7H3;8-9H,5-7,10-12H2,1-4H3;1H4. The summed E-state index contributed by atoms with van der Waals surface area (Å²) in [6.45, 7) is 12.8. The van der Waals surface area contributed by atoms with E-state index in [1.54, 1.807) is 62.3 Å². The number of Topliss-reactive ketones (excluding diaryl/α,β-unsaturated/α-hetero) is 3. The van der Waals surface area contributed by atoms with Crippen LogP contribution in [0.5, 0.6) is 34.5 Å². The van der Waals surface area contributed by atoms with Crippen molar-refractivity contribution in [3.8, 4) is 34.5 Å². The van der Waals surface area contributed by atoms with E-state index in [1.165, 1.54) is 38.5 Å². The van der Waals surface area contributed by atoms with Gasteiger partial charge in [-0.05, 0) is 65.8 Å². The molecule has 63 heavy (non-hydrogen) atoms. The number of methoxy groups -OCH3 is 2. The first kappa shape index (κ1) is 56.6. The molecule has 2 aromatic carbocycles. The average Bonchev–Trinajstić information content (AvgIpc) is 3.23. The number of rotatable bonds is 26. The van der Waals surface area contributed by atoms with Crippen LogP contribution in [0.1, 0.15) is 110 Å². The average molecular weight is 895 g/mol. The molecule has 0 N–H and O–H groups in total. The van der Waals surface area contributed by atoms with Crippen molar-refractivity contribution in [2.75, 3.05) is 53.9 Å². The lowest BCUT2D eigenvalue weighted by molar-refractivity contribution is -0.151. The van der Waals surface area contributed by atoms with Gasteiger partial charge < -0.3 is 52.1 Å². The fraction of sp³-hybridized carbons (Fsp3) is 0.545. The summed E-state index contributed by atoms with van der Waals surface area (Å²) < 4.78 is 57.7. The van der Waals surface area contributed by atoms with Gasteiger partial charge in [0.1, 0.15) is 19.8 Å². The van der Waals surface area contributed by atoms with Crippen LogP contribution in [0, 0.1) is 0 Å². The maximum Gasteiger partial charge on any atom is 0.344 e. The van der Waals surface area contributed by atoms with Crippen molar-refractivity contribution >= 4 is 47.2 Å². The first-order valence-corrected chi connectivity index (χ1v) is 19.7. The summed E-state index contributed by atoms with van der Waals surface area (Å²) in [6.07, 6.45) is -0.295. The minimum absolute atomic E-state index is 0. The van der Waals surface area contributed by atoms with E-state index in [0.717, 1.165) is 0 Å². The lowest BCUT2D eigenvalue weighted by Crippen LogP contribution is -2.22. The van der Waals surface area contributed by atoms with Crippen LogP contribution in [-0.2, 0) is 52.5 Å². The van der Waals surface area contributed by atoms with Gasteiger partial charge in [0.25, 0.3) is 0 Å². The third kappa shape index (κ3) is 21.8. The first-order chi connectivity index (χ1) is 29.3. The van der Waals surface area contributed by atoms with Crippen molar-refractivity contribution in [2.24, 2.45) is 0 Å². The first-order valence-electron chi connectivity index (χ1n) is 19.7. The number of esters is 5. The molecular weight excluding hydrogens is 832 g/mol. The molecule has 19 nitrogen and oxygen atoms in total. The molecule has 0 bridgehead atoms. The highest BCUT2D eigenvalue weighted by atomic mass is 16.6. The molecule has 0 amide bonds.